The first kappa shape index (κ1) is 24.4. The lowest BCUT2D eigenvalue weighted by Gasteiger charge is -2.47. The third-order valence-electron chi connectivity index (χ3n) is 5.03. The lowest BCUT2D eigenvalue weighted by molar-refractivity contribution is -0.312. The summed E-state index contributed by atoms with van der Waals surface area (Å²) in [5, 5.41) is 35.7. The minimum Gasteiger partial charge on any atom is -0.479 e. The molecular formula is C17H29N3O10. The fourth-order valence-corrected chi connectivity index (χ4v) is 3.52. The van der Waals surface area contributed by atoms with Crippen LogP contribution in [0.15, 0.2) is 0 Å². The molecule has 13 nitrogen and oxygen atoms in total. The zero-order valence-electron chi connectivity index (χ0n) is 17.1. The predicted molar refractivity (Wildman–Crippen MR) is 97.7 cm³/mol. The molecule has 0 aromatic rings. The van der Waals surface area contributed by atoms with Gasteiger partial charge >= 0.3 is 5.97 Å². The Balaban J connectivity index is 2.33. The summed E-state index contributed by atoms with van der Waals surface area (Å²) >= 11 is 0. The van der Waals surface area contributed by atoms with Gasteiger partial charge in [0.1, 0.15) is 24.3 Å². The van der Waals surface area contributed by atoms with Gasteiger partial charge in [-0.1, -0.05) is 0 Å². The molecule has 0 saturated carbocycles. The van der Waals surface area contributed by atoms with Crippen molar-refractivity contribution in [3.05, 3.63) is 0 Å². The van der Waals surface area contributed by atoms with Crippen LogP contribution in [0.1, 0.15) is 20.8 Å². The molecule has 0 spiro atoms. The molecule has 2 saturated heterocycles. The molecule has 2 amide bonds. The summed E-state index contributed by atoms with van der Waals surface area (Å²) in [5.74, 6) is -2.49. The Labute approximate surface area is 172 Å². The summed E-state index contributed by atoms with van der Waals surface area (Å²) < 4.78 is 21.8. The number of hydrogen-bond acceptors (Lipinski definition) is 10. The fraction of sp³-hybridized carbons (Fsp3) is 0.824. The molecule has 30 heavy (non-hydrogen) atoms. The summed E-state index contributed by atoms with van der Waals surface area (Å²) in [5.41, 5.74) is 5.89. The predicted octanol–water partition coefficient (Wildman–Crippen LogP) is -3.37. The first-order valence-electron chi connectivity index (χ1n) is 9.35. The van der Waals surface area contributed by atoms with Crippen molar-refractivity contribution in [3.63, 3.8) is 0 Å². The van der Waals surface area contributed by atoms with E-state index in [1.54, 1.807) is 6.92 Å². The minimum absolute atomic E-state index is 0.510. The van der Waals surface area contributed by atoms with Gasteiger partial charge in [0.25, 0.3) is 0 Å². The molecule has 0 unspecified atom stereocenters. The van der Waals surface area contributed by atoms with Crippen LogP contribution in [0.25, 0.3) is 0 Å². The first-order chi connectivity index (χ1) is 14.0. The van der Waals surface area contributed by atoms with Crippen LogP contribution in [0.3, 0.4) is 0 Å². The number of rotatable bonds is 6. The summed E-state index contributed by atoms with van der Waals surface area (Å²) in [6.07, 6.45) is -9.43. The Kier molecular flexibility index (Phi) is 8.10. The highest BCUT2D eigenvalue weighted by Gasteiger charge is 2.53. The van der Waals surface area contributed by atoms with Crippen molar-refractivity contribution >= 4 is 17.8 Å². The summed E-state index contributed by atoms with van der Waals surface area (Å²) in [6, 6.07) is -3.15. The largest absolute Gasteiger partial charge is 0.479 e. The van der Waals surface area contributed by atoms with Crippen LogP contribution in [-0.4, -0.2) is 101 Å². The monoisotopic (exact) mass is 435 g/mol. The minimum atomic E-state index is -1.69. The number of carboxylic acids is 1. The van der Waals surface area contributed by atoms with Crippen molar-refractivity contribution in [3.8, 4) is 0 Å². The van der Waals surface area contributed by atoms with E-state index in [0.717, 1.165) is 0 Å². The van der Waals surface area contributed by atoms with Crippen LogP contribution in [0.4, 0.5) is 0 Å². The Morgan fingerprint density at radius 2 is 1.50 bits per heavy atom. The number of carbonyl (C=O) groups is 3. The summed E-state index contributed by atoms with van der Waals surface area (Å²) in [4.78, 5) is 34.8. The molecule has 13 heteroatoms. The van der Waals surface area contributed by atoms with Crippen molar-refractivity contribution in [2.24, 2.45) is 5.73 Å². The molecule has 2 aliphatic rings. The molecule has 0 aromatic carbocycles. The molecule has 0 radical (unpaired) electrons. The van der Waals surface area contributed by atoms with Gasteiger partial charge in [-0.2, -0.15) is 0 Å². The van der Waals surface area contributed by atoms with Crippen LogP contribution >= 0.6 is 0 Å². The van der Waals surface area contributed by atoms with Crippen LogP contribution in [-0.2, 0) is 33.3 Å². The zero-order chi connectivity index (χ0) is 22.7. The number of carboxylic acid groups (broad SMARTS) is 1. The van der Waals surface area contributed by atoms with Crippen molar-refractivity contribution in [1.29, 1.82) is 0 Å². The zero-order valence-corrected chi connectivity index (χ0v) is 17.1. The van der Waals surface area contributed by atoms with E-state index >= 15 is 0 Å². The van der Waals surface area contributed by atoms with Gasteiger partial charge in [0.15, 0.2) is 18.7 Å². The van der Waals surface area contributed by atoms with Crippen LogP contribution < -0.4 is 16.4 Å². The van der Waals surface area contributed by atoms with E-state index in [-0.39, 0.29) is 0 Å². The lowest BCUT2D eigenvalue weighted by atomic mass is 9.94. The number of methoxy groups -OCH3 is 1. The number of ether oxygens (including phenoxy) is 4. The average Bonchev–Trinajstić information content (AvgIpc) is 2.65. The molecule has 0 aromatic heterocycles. The smallest absolute Gasteiger partial charge is 0.335 e. The van der Waals surface area contributed by atoms with Gasteiger partial charge < -0.3 is 50.6 Å². The number of amides is 2. The van der Waals surface area contributed by atoms with Gasteiger partial charge in [0.2, 0.25) is 11.8 Å². The molecule has 172 valence electrons. The maximum atomic E-state index is 11.7. The van der Waals surface area contributed by atoms with E-state index in [1.807, 2.05) is 0 Å². The third kappa shape index (κ3) is 5.24. The quantitative estimate of drug-likeness (QED) is 0.243. The topological polar surface area (TPSA) is 199 Å². The Hall–Kier alpha value is -1.87. The lowest BCUT2D eigenvalue weighted by Crippen LogP contribution is -2.70. The molecule has 2 rings (SSSR count). The van der Waals surface area contributed by atoms with Crippen molar-refractivity contribution in [2.45, 2.75) is 82.0 Å². The second-order valence-corrected chi connectivity index (χ2v) is 7.32. The average molecular weight is 435 g/mol. The van der Waals surface area contributed by atoms with Crippen molar-refractivity contribution in [2.75, 3.05) is 7.11 Å². The van der Waals surface area contributed by atoms with Crippen LogP contribution in [0, 0.1) is 0 Å². The van der Waals surface area contributed by atoms with Gasteiger partial charge in [0, 0.05) is 21.0 Å². The van der Waals surface area contributed by atoms with Gasteiger partial charge in [-0.05, 0) is 6.92 Å². The third-order valence-corrected chi connectivity index (χ3v) is 5.03. The van der Waals surface area contributed by atoms with E-state index in [9.17, 15) is 29.7 Å². The number of aliphatic carboxylic acids is 1. The number of hydrogen-bond donors (Lipinski definition) is 6. The first-order valence-corrected chi connectivity index (χ1v) is 9.35. The molecule has 2 heterocycles. The molecule has 0 bridgehead atoms. The van der Waals surface area contributed by atoms with E-state index in [1.165, 1.54) is 21.0 Å². The Morgan fingerprint density at radius 3 is 1.97 bits per heavy atom. The van der Waals surface area contributed by atoms with Gasteiger partial charge in [-0.3, -0.25) is 9.59 Å². The van der Waals surface area contributed by atoms with Crippen LogP contribution in [0.2, 0.25) is 0 Å². The molecule has 2 fully saturated rings. The van der Waals surface area contributed by atoms with Gasteiger partial charge in [-0.15, -0.1) is 0 Å². The number of aliphatic hydroxyl groups excluding tert-OH is 2. The normalized spacial score (nSPS) is 41.7. The second kappa shape index (κ2) is 9.96. The summed E-state index contributed by atoms with van der Waals surface area (Å²) in [7, 11) is 1.22. The molecule has 7 N–H and O–H groups in total. The highest BCUT2D eigenvalue weighted by Crippen LogP contribution is 2.29. The molecule has 0 aliphatic carbocycles. The van der Waals surface area contributed by atoms with Crippen molar-refractivity contribution in [1.82, 2.24) is 10.6 Å². The maximum absolute atomic E-state index is 11.7. The Bertz CT molecular complexity index is 649. The number of aliphatic hydroxyl groups is 2. The molecule has 10 atom stereocenters. The maximum Gasteiger partial charge on any atom is 0.335 e. The van der Waals surface area contributed by atoms with Gasteiger partial charge in [-0.25, -0.2) is 4.79 Å². The van der Waals surface area contributed by atoms with Crippen LogP contribution in [0.5, 0.6) is 0 Å². The second-order valence-electron chi connectivity index (χ2n) is 7.32. The SMILES string of the molecule is CO[C@H]1O[C@H](C(=O)O)[C@@H](O[C@@H]2O[C@H](C)[C@H](N)[C@H](O)[C@H]2NC(C)=O)[C@@H](O)[C@@H]1NC(C)=O. The number of nitrogens with two attached hydrogens (primary N) is 1. The Morgan fingerprint density at radius 1 is 0.967 bits per heavy atom. The fourth-order valence-electron chi connectivity index (χ4n) is 3.52. The highest BCUT2D eigenvalue weighted by molar-refractivity contribution is 5.75. The van der Waals surface area contributed by atoms with E-state index < -0.39 is 79.0 Å². The van der Waals surface area contributed by atoms with Gasteiger partial charge in [0.05, 0.1) is 18.2 Å². The highest BCUT2D eigenvalue weighted by atomic mass is 16.7. The van der Waals surface area contributed by atoms with E-state index in [0.29, 0.717) is 0 Å². The number of carbonyl (C=O) groups excluding carboxylic acids is 2. The summed E-state index contributed by atoms with van der Waals surface area (Å²) in [6.45, 7) is 3.98. The van der Waals surface area contributed by atoms with E-state index in [4.69, 9.17) is 24.7 Å². The molecular weight excluding hydrogens is 406 g/mol. The van der Waals surface area contributed by atoms with E-state index in [2.05, 4.69) is 10.6 Å². The number of nitrogens with one attached hydrogen (secondary N) is 2. The van der Waals surface area contributed by atoms with Crippen molar-refractivity contribution < 1.29 is 48.7 Å². The molecule has 2 aliphatic heterocycles. The standard InChI is InChI=1S/C17H29N3O10/c1-5-8(18)11(23)9(19-6(2)21)17(28-5)29-13-12(24)10(20-7(3)22)16(27-4)30-14(13)15(25)26/h5,8-14,16-17,23-24H,18H2,1-4H3,(H,19,21)(H,20,22)(H,25,26)/t5-,8+,9-,10+,11+,12+,13+,14+,16+,17+/m1/s1.